The lowest BCUT2D eigenvalue weighted by molar-refractivity contribution is 0.354. The van der Waals surface area contributed by atoms with Gasteiger partial charge in [-0.2, -0.15) is 19.9 Å². The summed E-state index contributed by atoms with van der Waals surface area (Å²) >= 11 is 0. The number of nitrogen functional groups attached to an aromatic ring is 2. The molecule has 0 fully saturated rings. The molecule has 0 saturated carbocycles. The summed E-state index contributed by atoms with van der Waals surface area (Å²) in [4.78, 5) is 15.6. The minimum Gasteiger partial charge on any atom is -0.481 e. The van der Waals surface area contributed by atoms with Gasteiger partial charge in [0.15, 0.2) is 0 Å². The molecule has 0 amide bonds. The molecule has 0 radical (unpaired) electrons. The lowest BCUT2D eigenvalue weighted by Crippen LogP contribution is -2.03. The Morgan fingerprint density at radius 1 is 0.789 bits per heavy atom. The Labute approximate surface area is 108 Å². The van der Waals surface area contributed by atoms with Crippen molar-refractivity contribution in [2.45, 2.75) is 0 Å². The summed E-state index contributed by atoms with van der Waals surface area (Å²) < 4.78 is 15.1. The summed E-state index contributed by atoms with van der Waals surface area (Å²) in [5.74, 6) is 0.909. The number of anilines is 2. The van der Waals surface area contributed by atoms with E-state index in [9.17, 15) is 0 Å². The SMILES string of the molecule is COc1cc(N)nc(Oc2nc(N)cc(OC)n2)n1. The molecular weight excluding hydrogens is 252 g/mol. The molecule has 0 saturated heterocycles. The van der Waals surface area contributed by atoms with Crippen LogP contribution < -0.4 is 25.7 Å². The van der Waals surface area contributed by atoms with E-state index < -0.39 is 0 Å². The third-order valence-electron chi connectivity index (χ3n) is 2.00. The Bertz CT molecular complexity index is 540. The molecule has 2 rings (SSSR count). The maximum absolute atomic E-state index is 5.57. The Morgan fingerprint density at radius 2 is 1.21 bits per heavy atom. The quantitative estimate of drug-likeness (QED) is 0.796. The van der Waals surface area contributed by atoms with Crippen LogP contribution in [0.4, 0.5) is 11.6 Å². The molecule has 9 nitrogen and oxygen atoms in total. The van der Waals surface area contributed by atoms with Crippen LogP contribution in [0.1, 0.15) is 0 Å². The third-order valence-corrected chi connectivity index (χ3v) is 2.00. The van der Waals surface area contributed by atoms with E-state index in [-0.39, 0.29) is 35.4 Å². The van der Waals surface area contributed by atoms with E-state index in [4.69, 9.17) is 25.7 Å². The topological polar surface area (TPSA) is 131 Å². The first kappa shape index (κ1) is 12.6. The minimum atomic E-state index is -0.0514. The van der Waals surface area contributed by atoms with Crippen molar-refractivity contribution >= 4 is 11.6 Å². The second-order valence-electron chi connectivity index (χ2n) is 3.34. The average molecular weight is 264 g/mol. The van der Waals surface area contributed by atoms with Crippen LogP contribution in [0.3, 0.4) is 0 Å². The van der Waals surface area contributed by atoms with Crippen LogP contribution in [0.15, 0.2) is 12.1 Å². The summed E-state index contributed by atoms with van der Waals surface area (Å²) in [5, 5.41) is 0. The van der Waals surface area contributed by atoms with Crippen molar-refractivity contribution in [3.05, 3.63) is 12.1 Å². The average Bonchev–Trinajstić information content (AvgIpc) is 2.37. The Kier molecular flexibility index (Phi) is 3.46. The lowest BCUT2D eigenvalue weighted by Gasteiger charge is -2.06. The molecule has 9 heteroatoms. The van der Waals surface area contributed by atoms with Crippen molar-refractivity contribution in [2.24, 2.45) is 0 Å². The zero-order valence-corrected chi connectivity index (χ0v) is 10.3. The van der Waals surface area contributed by atoms with Crippen LogP contribution in [0.2, 0.25) is 0 Å². The van der Waals surface area contributed by atoms with Crippen molar-refractivity contribution in [1.29, 1.82) is 0 Å². The van der Waals surface area contributed by atoms with Crippen LogP contribution in [0, 0.1) is 0 Å². The molecule has 2 aromatic heterocycles. The highest BCUT2D eigenvalue weighted by molar-refractivity contribution is 5.36. The van der Waals surface area contributed by atoms with Crippen LogP contribution in [0.5, 0.6) is 23.8 Å². The summed E-state index contributed by atoms with van der Waals surface area (Å²) in [6.07, 6.45) is 0. The number of rotatable bonds is 4. The van der Waals surface area contributed by atoms with E-state index >= 15 is 0 Å². The molecule has 0 aromatic carbocycles. The van der Waals surface area contributed by atoms with E-state index in [1.165, 1.54) is 26.4 Å². The van der Waals surface area contributed by atoms with Crippen molar-refractivity contribution in [3.63, 3.8) is 0 Å². The summed E-state index contributed by atoms with van der Waals surface area (Å²) in [6, 6.07) is 2.80. The molecule has 0 aliphatic carbocycles. The largest absolute Gasteiger partial charge is 0.481 e. The van der Waals surface area contributed by atoms with Crippen LogP contribution in [-0.2, 0) is 0 Å². The van der Waals surface area contributed by atoms with Crippen molar-refractivity contribution in [3.8, 4) is 23.8 Å². The minimum absolute atomic E-state index is 0.0514. The van der Waals surface area contributed by atoms with E-state index in [0.717, 1.165) is 0 Å². The first-order chi connectivity index (χ1) is 9.10. The Balaban J connectivity index is 2.30. The number of methoxy groups -OCH3 is 2. The van der Waals surface area contributed by atoms with Gasteiger partial charge in [-0.1, -0.05) is 0 Å². The van der Waals surface area contributed by atoms with Gasteiger partial charge in [0.1, 0.15) is 11.6 Å². The van der Waals surface area contributed by atoms with Gasteiger partial charge in [-0.25, -0.2) is 0 Å². The van der Waals surface area contributed by atoms with Gasteiger partial charge in [0.25, 0.3) is 0 Å². The highest BCUT2D eigenvalue weighted by Gasteiger charge is 2.09. The third kappa shape index (κ3) is 3.09. The molecule has 100 valence electrons. The van der Waals surface area contributed by atoms with Crippen LogP contribution in [0.25, 0.3) is 0 Å². The summed E-state index contributed by atoms with van der Waals surface area (Å²) in [5.41, 5.74) is 11.1. The molecular formula is C10H12N6O3. The first-order valence-electron chi connectivity index (χ1n) is 5.15. The molecule has 2 heterocycles. The predicted molar refractivity (Wildman–Crippen MR) is 66.1 cm³/mol. The van der Waals surface area contributed by atoms with Crippen LogP contribution >= 0.6 is 0 Å². The molecule has 0 unspecified atom stereocenters. The highest BCUT2D eigenvalue weighted by Crippen LogP contribution is 2.21. The lowest BCUT2D eigenvalue weighted by atomic mass is 10.6. The fourth-order valence-electron chi connectivity index (χ4n) is 1.22. The van der Waals surface area contributed by atoms with Gasteiger partial charge in [-0.3, -0.25) is 0 Å². The molecule has 4 N–H and O–H groups in total. The number of nitrogens with two attached hydrogens (primary N) is 2. The molecule has 2 aromatic rings. The summed E-state index contributed by atoms with van der Waals surface area (Å²) in [6.45, 7) is 0. The molecule has 0 bridgehead atoms. The molecule has 0 atom stereocenters. The predicted octanol–water partition coefficient (Wildman–Crippen LogP) is 0.240. The van der Waals surface area contributed by atoms with Crippen molar-refractivity contribution in [2.75, 3.05) is 25.7 Å². The second-order valence-corrected chi connectivity index (χ2v) is 3.34. The molecule has 19 heavy (non-hydrogen) atoms. The van der Waals surface area contributed by atoms with Gasteiger partial charge in [0, 0.05) is 12.1 Å². The number of aromatic nitrogens is 4. The fourth-order valence-corrected chi connectivity index (χ4v) is 1.22. The first-order valence-corrected chi connectivity index (χ1v) is 5.15. The standard InChI is InChI=1S/C10H12N6O3/c1-17-7-3-5(11)13-9(15-7)19-10-14-6(12)4-8(16-10)18-2/h3-4H,1-2H3,(H2,11,13,15)(H2,12,14,16). The second kappa shape index (κ2) is 5.21. The maximum atomic E-state index is 5.57. The molecule has 0 aliphatic heterocycles. The van der Waals surface area contributed by atoms with Gasteiger partial charge in [-0.15, -0.1) is 0 Å². The van der Waals surface area contributed by atoms with Crippen molar-refractivity contribution < 1.29 is 14.2 Å². The number of hydrogen-bond acceptors (Lipinski definition) is 9. The Morgan fingerprint density at radius 3 is 1.58 bits per heavy atom. The molecule has 0 spiro atoms. The van der Waals surface area contributed by atoms with Gasteiger partial charge >= 0.3 is 12.0 Å². The van der Waals surface area contributed by atoms with Gasteiger partial charge in [0.2, 0.25) is 11.8 Å². The van der Waals surface area contributed by atoms with Crippen LogP contribution in [-0.4, -0.2) is 34.2 Å². The van der Waals surface area contributed by atoms with E-state index in [1.807, 2.05) is 0 Å². The molecule has 0 aliphatic rings. The fraction of sp³-hybridized carbons (Fsp3) is 0.200. The summed E-state index contributed by atoms with van der Waals surface area (Å²) in [7, 11) is 2.90. The smallest absolute Gasteiger partial charge is 0.329 e. The van der Waals surface area contributed by atoms with E-state index in [1.54, 1.807) is 0 Å². The monoisotopic (exact) mass is 264 g/mol. The zero-order chi connectivity index (χ0) is 13.8. The van der Waals surface area contributed by atoms with Gasteiger partial charge < -0.3 is 25.7 Å². The van der Waals surface area contributed by atoms with Crippen molar-refractivity contribution in [1.82, 2.24) is 19.9 Å². The normalized spacial score (nSPS) is 10.0. The Hall–Kier alpha value is -2.84. The van der Waals surface area contributed by atoms with E-state index in [0.29, 0.717) is 0 Å². The zero-order valence-electron chi connectivity index (χ0n) is 10.3. The number of ether oxygens (including phenoxy) is 3. The van der Waals surface area contributed by atoms with E-state index in [2.05, 4.69) is 19.9 Å². The van der Waals surface area contributed by atoms with Gasteiger partial charge in [0.05, 0.1) is 14.2 Å². The maximum Gasteiger partial charge on any atom is 0.329 e. The number of hydrogen-bond donors (Lipinski definition) is 2. The highest BCUT2D eigenvalue weighted by atomic mass is 16.5. The van der Waals surface area contributed by atoms with Gasteiger partial charge in [-0.05, 0) is 0 Å². The number of nitrogens with zero attached hydrogens (tertiary/aromatic N) is 4.